The van der Waals surface area contributed by atoms with E-state index < -0.39 is 25.1 Å². The van der Waals surface area contributed by atoms with E-state index in [-0.39, 0.29) is 29.3 Å². The average Bonchev–Trinajstić information content (AvgIpc) is 3.93. The molecule has 0 aliphatic rings. The lowest BCUT2D eigenvalue weighted by Gasteiger charge is -2.25. The highest BCUT2D eigenvalue weighted by atomic mass is 32.3. The van der Waals surface area contributed by atoms with Gasteiger partial charge in [0.25, 0.3) is 14.6 Å². The lowest BCUT2D eigenvalue weighted by Crippen LogP contribution is -2.22. The van der Waals surface area contributed by atoms with E-state index in [4.69, 9.17) is 27.1 Å². The second-order valence-electron chi connectivity index (χ2n) is 11.2. The summed E-state index contributed by atoms with van der Waals surface area (Å²) in [7, 11) is -4.58. The first-order valence-electron chi connectivity index (χ1n) is 17.4. The van der Waals surface area contributed by atoms with E-state index in [0.717, 1.165) is 11.4 Å². The highest BCUT2D eigenvalue weighted by Gasteiger charge is 2.21. The molecule has 322 valence electrons. The highest BCUT2D eigenvalue weighted by molar-refractivity contribution is 7.99. The maximum atomic E-state index is 11.6. The van der Waals surface area contributed by atoms with Gasteiger partial charge in [-0.15, -0.1) is 53.5 Å². The van der Waals surface area contributed by atoms with Crippen molar-refractivity contribution in [3.63, 3.8) is 0 Å². The van der Waals surface area contributed by atoms with Gasteiger partial charge in [-0.25, -0.2) is 0 Å². The van der Waals surface area contributed by atoms with Crippen LogP contribution in [-0.2, 0) is 20.7 Å². The zero-order valence-corrected chi connectivity index (χ0v) is 36.8. The monoisotopic (exact) mass is 925 g/mol. The Kier molecular flexibility index (Phi) is 17.8. The lowest BCUT2D eigenvalue weighted by atomic mass is 10.2. The molecule has 0 atom stereocenters. The van der Waals surface area contributed by atoms with E-state index in [2.05, 4.69) is 71.3 Å². The van der Waals surface area contributed by atoms with Crippen molar-refractivity contribution in [3.05, 3.63) is 29.8 Å². The number of ether oxygens (including phenoxy) is 2. The van der Waals surface area contributed by atoms with E-state index in [9.17, 15) is 18.1 Å². The van der Waals surface area contributed by atoms with Crippen molar-refractivity contribution >= 4 is 111 Å². The molecule has 4 N–H and O–H groups in total. The van der Waals surface area contributed by atoms with Crippen molar-refractivity contribution in [2.24, 2.45) is 20.5 Å². The van der Waals surface area contributed by atoms with E-state index in [1.807, 2.05) is 33.8 Å². The number of anilines is 6. The maximum Gasteiger partial charge on any atom is 0.425 e. The van der Waals surface area contributed by atoms with Gasteiger partial charge in [-0.3, -0.25) is 4.55 Å². The second kappa shape index (κ2) is 22.7. The van der Waals surface area contributed by atoms with Crippen LogP contribution in [0.15, 0.2) is 59.7 Å². The number of thioether (sulfide) groups is 1. The van der Waals surface area contributed by atoms with E-state index >= 15 is 0 Å². The van der Waals surface area contributed by atoms with Gasteiger partial charge in [0.15, 0.2) is 5.16 Å². The average molecular weight is 926 g/mol. The second-order valence-corrected chi connectivity index (χ2v) is 16.0. The normalized spacial score (nSPS) is 11.3. The van der Waals surface area contributed by atoms with Gasteiger partial charge in [0.2, 0.25) is 11.9 Å². The summed E-state index contributed by atoms with van der Waals surface area (Å²) < 4.78 is 68.7. The Morgan fingerprint density at radius 1 is 0.767 bits per heavy atom. The van der Waals surface area contributed by atoms with Gasteiger partial charge < -0.3 is 35.0 Å². The molecule has 0 radical (unpaired) electrons. The molecule has 0 unspecified atom stereocenters. The Morgan fingerprint density at radius 3 is 1.67 bits per heavy atom. The molecule has 0 amide bonds. The van der Waals surface area contributed by atoms with Crippen molar-refractivity contribution in [2.45, 2.75) is 37.2 Å². The molecule has 5 aromatic rings. The van der Waals surface area contributed by atoms with Crippen molar-refractivity contribution in [3.8, 4) is 11.5 Å². The van der Waals surface area contributed by atoms with Crippen LogP contribution >= 0.6 is 34.4 Å². The van der Waals surface area contributed by atoms with Gasteiger partial charge >= 0.3 is 20.7 Å². The number of hydrogen-bond acceptors (Lipinski definition) is 26. The first kappa shape index (κ1) is 47.1. The third kappa shape index (κ3) is 13.2. The van der Waals surface area contributed by atoms with Crippen molar-refractivity contribution in [1.29, 1.82) is 0 Å². The fourth-order valence-electron chi connectivity index (χ4n) is 5.09. The predicted octanol–water partition coefficient (Wildman–Crippen LogP) is 5.93. The van der Waals surface area contributed by atoms with E-state index in [1.165, 1.54) is 30.2 Å². The number of aromatic nitrogens is 7. The molecular formula is C31H39N15O9S5. The number of aliphatic hydroxyl groups excluding tert-OH is 1. The molecule has 0 aliphatic carbocycles. The molecule has 0 saturated carbocycles. The third-order valence-electron chi connectivity index (χ3n) is 7.68. The zero-order valence-electron chi connectivity index (χ0n) is 32.7. The minimum Gasteiger partial charge on any atom is -0.494 e. The van der Waals surface area contributed by atoms with Crippen LogP contribution in [0.1, 0.15) is 27.7 Å². The number of rotatable bonds is 20. The summed E-state index contributed by atoms with van der Waals surface area (Å²) in [5.74, 6) is 1.61. The number of azo groups is 2. The maximum absolute atomic E-state index is 11.6. The van der Waals surface area contributed by atoms with Crippen LogP contribution in [0.2, 0.25) is 0 Å². The van der Waals surface area contributed by atoms with Crippen molar-refractivity contribution in [2.75, 3.05) is 73.2 Å². The molecule has 5 rings (SSSR count). The topological polar surface area (TPSA) is 314 Å². The zero-order chi connectivity index (χ0) is 43.8. The molecule has 3 aromatic heterocycles. The number of nitrogens with zero attached hydrogens (tertiary/aromatic N) is 13. The Balaban J connectivity index is 0.00000190. The van der Waals surface area contributed by atoms with Crippen LogP contribution in [0.5, 0.6) is 11.5 Å². The fraction of sp³-hybridized carbons (Fsp3) is 0.387. The van der Waals surface area contributed by atoms with E-state index in [0.29, 0.717) is 82.1 Å². The standard InChI is InChI=1S/C31H39N15O6S4.O3S/c1-7-45(8-2)22-13-18(20(15-24(22)51-5)38-41-29-40-32-17-54-29)33-26-35-27(37-28(36-26)53-12-11-47)34-19-14-23(46(9-3)10-4)25(52-6)16-21(19)39-42-30-43-44-31(55-30)56(48,49)50;1-4(2)3/h13-17,47H,7-12H2,1-6H3,(H,48,49,50)(H2,33,34,35,36,37);. The summed E-state index contributed by atoms with van der Waals surface area (Å²) in [5.41, 5.74) is 4.64. The van der Waals surface area contributed by atoms with Gasteiger partial charge in [0.05, 0.1) is 43.6 Å². The van der Waals surface area contributed by atoms with E-state index in [1.54, 1.807) is 30.8 Å². The molecule has 0 saturated heterocycles. The van der Waals surface area contributed by atoms with Gasteiger partial charge in [0.1, 0.15) is 28.4 Å². The molecular weight excluding hydrogens is 887 g/mol. The van der Waals surface area contributed by atoms with Gasteiger partial charge in [0, 0.05) is 44.1 Å². The lowest BCUT2D eigenvalue weighted by molar-refractivity contribution is 0.322. The smallest absolute Gasteiger partial charge is 0.425 e. The Labute approximate surface area is 357 Å². The van der Waals surface area contributed by atoms with Crippen LogP contribution in [0.3, 0.4) is 0 Å². The molecule has 0 bridgehead atoms. The molecule has 3 heterocycles. The first-order chi connectivity index (χ1) is 28.8. The summed E-state index contributed by atoms with van der Waals surface area (Å²) >= 11 is 2.98. The summed E-state index contributed by atoms with van der Waals surface area (Å²) in [6.45, 7) is 10.7. The van der Waals surface area contributed by atoms with Crippen LogP contribution in [0, 0.1) is 0 Å². The Hall–Kier alpha value is -5.59. The van der Waals surface area contributed by atoms with Crippen molar-refractivity contribution in [1.82, 2.24) is 35.3 Å². The van der Waals surface area contributed by atoms with Gasteiger partial charge in [-0.2, -0.15) is 23.4 Å². The SMILES string of the molecule is CCN(CC)c1cc(Nc2nc(Nc3cc(N(CC)CC)c(OC)cc3N=Nc3nnc(S(=O)(=O)O)s3)nc(SCCO)n2)c(N=Nc2nncs2)cc1OC.O=S(=O)=O. The number of hydrogen-bond donors (Lipinski definition) is 4. The number of methoxy groups -OCH3 is 2. The molecule has 0 aliphatic heterocycles. The number of aliphatic hydroxyl groups is 1. The number of benzene rings is 2. The predicted molar refractivity (Wildman–Crippen MR) is 225 cm³/mol. The largest absolute Gasteiger partial charge is 0.494 e. The van der Waals surface area contributed by atoms with Crippen LogP contribution in [-0.4, -0.2) is 119 Å². The van der Waals surface area contributed by atoms with Crippen LogP contribution < -0.4 is 29.9 Å². The summed E-state index contributed by atoms with van der Waals surface area (Å²) in [4.78, 5) is 18.1. The van der Waals surface area contributed by atoms with Crippen LogP contribution in [0.4, 0.5) is 56.3 Å². The minimum atomic E-state index is -4.58. The first-order valence-corrected chi connectivity index (χ1v) is 22.5. The molecule has 0 spiro atoms. The van der Waals surface area contributed by atoms with Crippen LogP contribution in [0.25, 0.3) is 0 Å². The Bertz CT molecular complexity index is 2480. The molecule has 24 nitrogen and oxygen atoms in total. The summed E-state index contributed by atoms with van der Waals surface area (Å²) in [6, 6.07) is 7.07. The van der Waals surface area contributed by atoms with Gasteiger partial charge in [-0.05, 0) is 39.8 Å². The van der Waals surface area contributed by atoms with Gasteiger partial charge in [-0.1, -0.05) is 34.4 Å². The molecule has 60 heavy (non-hydrogen) atoms. The fourth-order valence-corrected chi connectivity index (χ4v) is 7.23. The third-order valence-corrected chi connectivity index (χ3v) is 11.1. The Morgan fingerprint density at radius 2 is 1.27 bits per heavy atom. The minimum absolute atomic E-state index is 0.106. The molecule has 29 heteroatoms. The molecule has 2 aromatic carbocycles. The van der Waals surface area contributed by atoms with Crippen molar-refractivity contribution < 1.29 is 40.2 Å². The number of nitrogens with one attached hydrogen (secondary N) is 2. The summed E-state index contributed by atoms with van der Waals surface area (Å²) in [5, 5.41) is 48.8. The molecule has 0 fully saturated rings. The highest BCUT2D eigenvalue weighted by Crippen LogP contribution is 2.42. The quantitative estimate of drug-likeness (QED) is 0.0399. The summed E-state index contributed by atoms with van der Waals surface area (Å²) in [6.07, 6.45) is 0.